The van der Waals surface area contributed by atoms with Gasteiger partial charge in [-0.15, -0.1) is 0 Å². The summed E-state index contributed by atoms with van der Waals surface area (Å²) in [4.78, 5) is 28.3. The minimum absolute atomic E-state index is 0.178. The Morgan fingerprint density at radius 1 is 0.939 bits per heavy atom. The third-order valence-electron chi connectivity index (χ3n) is 5.38. The number of methoxy groups -OCH3 is 1. The van der Waals surface area contributed by atoms with Gasteiger partial charge in [0.1, 0.15) is 17.2 Å². The number of imide groups is 1. The van der Waals surface area contributed by atoms with Gasteiger partial charge in [-0.05, 0) is 61.4 Å². The number of rotatable bonds is 7. The zero-order chi connectivity index (χ0) is 23.5. The van der Waals surface area contributed by atoms with Crippen LogP contribution in [0.5, 0.6) is 11.5 Å². The molecular weight excluding hydrogens is 440 g/mol. The molecule has 1 heterocycles. The molecule has 3 aromatic rings. The van der Waals surface area contributed by atoms with Crippen molar-refractivity contribution in [2.75, 3.05) is 23.9 Å². The minimum atomic E-state index is -0.462. The van der Waals surface area contributed by atoms with E-state index in [0.717, 1.165) is 10.5 Å². The number of amides is 2. The number of ether oxygens (including phenoxy) is 2. The van der Waals surface area contributed by atoms with Gasteiger partial charge in [-0.2, -0.15) is 0 Å². The summed E-state index contributed by atoms with van der Waals surface area (Å²) < 4.78 is 10.8. The number of nitrogens with zero attached hydrogens (tertiary/aromatic N) is 1. The molecule has 0 saturated heterocycles. The summed E-state index contributed by atoms with van der Waals surface area (Å²) >= 11 is 6.28. The van der Waals surface area contributed by atoms with Crippen LogP contribution in [0.1, 0.15) is 18.1 Å². The van der Waals surface area contributed by atoms with Gasteiger partial charge in [-0.1, -0.05) is 35.9 Å². The van der Waals surface area contributed by atoms with Gasteiger partial charge >= 0.3 is 0 Å². The third kappa shape index (κ3) is 4.30. The normalized spacial score (nSPS) is 13.5. The van der Waals surface area contributed by atoms with Gasteiger partial charge in [0.2, 0.25) is 0 Å². The molecule has 6 nitrogen and oxygen atoms in total. The summed E-state index contributed by atoms with van der Waals surface area (Å²) in [5.74, 6) is 0.336. The molecule has 0 radical (unpaired) electrons. The van der Waals surface area contributed by atoms with E-state index < -0.39 is 11.8 Å². The molecule has 0 aliphatic carbocycles. The third-order valence-corrected chi connectivity index (χ3v) is 5.79. The molecule has 0 spiro atoms. The van der Waals surface area contributed by atoms with Crippen LogP contribution in [0.3, 0.4) is 0 Å². The van der Waals surface area contributed by atoms with Gasteiger partial charge in [-0.25, -0.2) is 4.90 Å². The first-order valence-electron chi connectivity index (χ1n) is 10.5. The van der Waals surface area contributed by atoms with Crippen molar-refractivity contribution >= 4 is 40.4 Å². The standard InChI is InChI=1S/C26H23ClN2O4/c1-4-33-19-13-11-17(12-14-19)23-24(28-22-10-6-9-21(27)16(22)2)26(31)29(25(23)30)18-7-5-8-20(15-18)32-3/h5-15,28H,4H2,1-3H3. The van der Waals surface area contributed by atoms with E-state index in [4.69, 9.17) is 21.1 Å². The van der Waals surface area contributed by atoms with Crippen molar-refractivity contribution in [3.8, 4) is 11.5 Å². The lowest BCUT2D eigenvalue weighted by molar-refractivity contribution is -0.120. The Bertz CT molecular complexity index is 1250. The summed E-state index contributed by atoms with van der Waals surface area (Å²) in [6.45, 7) is 4.28. The molecule has 33 heavy (non-hydrogen) atoms. The Kier molecular flexibility index (Phi) is 6.38. The van der Waals surface area contributed by atoms with Crippen molar-refractivity contribution in [3.05, 3.63) is 88.6 Å². The SMILES string of the molecule is CCOc1ccc(C2=C(Nc3cccc(Cl)c3C)C(=O)N(c3cccc(OC)c3)C2=O)cc1. The zero-order valence-corrected chi connectivity index (χ0v) is 19.3. The van der Waals surface area contributed by atoms with Crippen molar-refractivity contribution in [2.24, 2.45) is 0 Å². The second-order valence-electron chi connectivity index (χ2n) is 7.39. The van der Waals surface area contributed by atoms with E-state index in [0.29, 0.717) is 40.1 Å². The van der Waals surface area contributed by atoms with Gasteiger partial charge < -0.3 is 14.8 Å². The van der Waals surface area contributed by atoms with Gasteiger partial charge in [-0.3, -0.25) is 9.59 Å². The lowest BCUT2D eigenvalue weighted by atomic mass is 10.0. The molecule has 1 aliphatic heterocycles. The van der Waals surface area contributed by atoms with Crippen LogP contribution in [0.2, 0.25) is 5.02 Å². The predicted octanol–water partition coefficient (Wildman–Crippen LogP) is 5.45. The highest BCUT2D eigenvalue weighted by Gasteiger charge is 2.40. The van der Waals surface area contributed by atoms with Gasteiger partial charge in [0.05, 0.1) is 25.0 Å². The highest BCUT2D eigenvalue weighted by molar-refractivity contribution is 6.46. The van der Waals surface area contributed by atoms with Crippen LogP contribution < -0.4 is 19.7 Å². The van der Waals surface area contributed by atoms with E-state index in [-0.39, 0.29) is 11.3 Å². The van der Waals surface area contributed by atoms with Crippen molar-refractivity contribution in [1.29, 1.82) is 0 Å². The summed E-state index contributed by atoms with van der Waals surface area (Å²) in [6.07, 6.45) is 0. The monoisotopic (exact) mass is 462 g/mol. The average Bonchev–Trinajstić information content (AvgIpc) is 3.07. The fourth-order valence-corrected chi connectivity index (χ4v) is 3.83. The topological polar surface area (TPSA) is 67.9 Å². The van der Waals surface area contributed by atoms with Crippen LogP contribution in [0.25, 0.3) is 5.57 Å². The van der Waals surface area contributed by atoms with Crippen LogP contribution >= 0.6 is 11.6 Å². The number of anilines is 2. The molecule has 0 bridgehead atoms. The molecule has 7 heteroatoms. The van der Waals surface area contributed by atoms with Crippen LogP contribution in [-0.4, -0.2) is 25.5 Å². The summed E-state index contributed by atoms with van der Waals surface area (Å²) in [6, 6.07) is 19.3. The smallest absolute Gasteiger partial charge is 0.282 e. The molecule has 3 aromatic carbocycles. The van der Waals surface area contributed by atoms with Gasteiger partial charge in [0.15, 0.2) is 0 Å². The summed E-state index contributed by atoms with van der Waals surface area (Å²) in [5.41, 5.74) is 2.90. The molecule has 1 aliphatic rings. The number of nitrogens with one attached hydrogen (secondary N) is 1. The second-order valence-corrected chi connectivity index (χ2v) is 7.80. The van der Waals surface area contributed by atoms with Crippen molar-refractivity contribution in [2.45, 2.75) is 13.8 Å². The van der Waals surface area contributed by atoms with E-state index in [2.05, 4.69) is 5.32 Å². The largest absolute Gasteiger partial charge is 0.497 e. The maximum atomic E-state index is 13.6. The van der Waals surface area contributed by atoms with E-state index in [1.54, 1.807) is 60.7 Å². The fraction of sp³-hybridized carbons (Fsp3) is 0.154. The quantitative estimate of drug-likeness (QED) is 0.473. The zero-order valence-electron chi connectivity index (χ0n) is 18.5. The molecule has 0 atom stereocenters. The Morgan fingerprint density at radius 3 is 2.36 bits per heavy atom. The summed E-state index contributed by atoms with van der Waals surface area (Å²) in [5, 5.41) is 3.73. The van der Waals surface area contributed by atoms with E-state index in [9.17, 15) is 9.59 Å². The minimum Gasteiger partial charge on any atom is -0.497 e. The Hall–Kier alpha value is -3.77. The van der Waals surface area contributed by atoms with Crippen LogP contribution in [-0.2, 0) is 9.59 Å². The predicted molar refractivity (Wildman–Crippen MR) is 130 cm³/mol. The van der Waals surface area contributed by atoms with Crippen LogP contribution in [0.4, 0.5) is 11.4 Å². The number of benzene rings is 3. The number of carbonyl (C=O) groups is 2. The van der Waals surface area contributed by atoms with Crippen molar-refractivity contribution in [1.82, 2.24) is 0 Å². The van der Waals surface area contributed by atoms with Crippen LogP contribution in [0.15, 0.2) is 72.4 Å². The summed E-state index contributed by atoms with van der Waals surface area (Å²) in [7, 11) is 1.53. The van der Waals surface area contributed by atoms with E-state index in [1.165, 1.54) is 7.11 Å². The lowest BCUT2D eigenvalue weighted by Crippen LogP contribution is -2.32. The first-order valence-corrected chi connectivity index (χ1v) is 10.8. The van der Waals surface area contributed by atoms with E-state index >= 15 is 0 Å². The van der Waals surface area contributed by atoms with Crippen molar-refractivity contribution in [3.63, 3.8) is 0 Å². The highest BCUT2D eigenvalue weighted by atomic mass is 35.5. The molecule has 168 valence electrons. The number of hydrogen-bond acceptors (Lipinski definition) is 5. The average molecular weight is 463 g/mol. The molecular formula is C26H23ClN2O4. The molecule has 2 amide bonds. The van der Waals surface area contributed by atoms with Crippen LogP contribution in [0, 0.1) is 6.92 Å². The molecule has 0 aromatic heterocycles. The fourth-order valence-electron chi connectivity index (χ4n) is 3.66. The van der Waals surface area contributed by atoms with Crippen molar-refractivity contribution < 1.29 is 19.1 Å². The first kappa shape index (κ1) is 22.4. The van der Waals surface area contributed by atoms with Gasteiger partial charge in [0.25, 0.3) is 11.8 Å². The maximum absolute atomic E-state index is 13.6. The first-order chi connectivity index (χ1) is 15.9. The molecule has 1 N–H and O–H groups in total. The molecule has 0 saturated carbocycles. The molecule has 0 unspecified atom stereocenters. The number of halogens is 1. The maximum Gasteiger partial charge on any atom is 0.282 e. The Morgan fingerprint density at radius 2 is 1.67 bits per heavy atom. The highest BCUT2D eigenvalue weighted by Crippen LogP contribution is 2.36. The second kappa shape index (κ2) is 9.38. The lowest BCUT2D eigenvalue weighted by Gasteiger charge is -2.16. The molecule has 0 fully saturated rings. The molecule has 4 rings (SSSR count). The number of hydrogen-bond donors (Lipinski definition) is 1. The van der Waals surface area contributed by atoms with E-state index in [1.807, 2.05) is 19.9 Å². The number of carbonyl (C=O) groups excluding carboxylic acids is 2. The Balaban J connectivity index is 1.82. The van der Waals surface area contributed by atoms with Gasteiger partial charge in [0, 0.05) is 16.8 Å². The Labute approximate surface area is 197 Å².